The number of aryl methyl sites for hydroxylation is 1. The van der Waals surface area contributed by atoms with E-state index >= 15 is 0 Å². The summed E-state index contributed by atoms with van der Waals surface area (Å²) in [5, 5.41) is 3.44. The van der Waals surface area contributed by atoms with E-state index in [4.69, 9.17) is 0 Å². The first-order valence-corrected chi connectivity index (χ1v) is 6.89. The van der Waals surface area contributed by atoms with Crippen LogP contribution < -0.4 is 5.32 Å². The van der Waals surface area contributed by atoms with Crippen LogP contribution in [0.25, 0.3) is 0 Å². The fourth-order valence-electron chi connectivity index (χ4n) is 2.10. The number of hydrogen-bond acceptors (Lipinski definition) is 3. The van der Waals surface area contributed by atoms with Gasteiger partial charge < -0.3 is 10.2 Å². The van der Waals surface area contributed by atoms with Crippen molar-refractivity contribution in [2.24, 2.45) is 5.92 Å². The van der Waals surface area contributed by atoms with Crippen molar-refractivity contribution < 1.29 is 0 Å². The zero-order chi connectivity index (χ0) is 12.4. The molecule has 0 bridgehead atoms. The van der Waals surface area contributed by atoms with E-state index in [1.807, 2.05) is 6.20 Å². The fourth-order valence-corrected chi connectivity index (χ4v) is 2.31. The van der Waals surface area contributed by atoms with Crippen LogP contribution in [0.2, 0.25) is 0 Å². The first kappa shape index (κ1) is 12.8. The van der Waals surface area contributed by atoms with Crippen molar-refractivity contribution in [2.45, 2.75) is 25.8 Å². The van der Waals surface area contributed by atoms with Gasteiger partial charge in [0.05, 0.1) is 0 Å². The third-order valence-electron chi connectivity index (χ3n) is 3.37. The van der Waals surface area contributed by atoms with E-state index in [9.17, 15) is 0 Å². The predicted octanol–water partition coefficient (Wildman–Crippen LogP) is 2.90. The van der Waals surface area contributed by atoms with Gasteiger partial charge in [-0.2, -0.15) is 0 Å². The van der Waals surface area contributed by atoms with E-state index in [2.05, 4.69) is 58.2 Å². The first-order chi connectivity index (χ1) is 8.08. The summed E-state index contributed by atoms with van der Waals surface area (Å²) in [7, 11) is 4.32. The van der Waals surface area contributed by atoms with Crippen molar-refractivity contribution in [1.82, 2.24) is 9.88 Å². The number of hydrogen-bond donors (Lipinski definition) is 1. The number of halogens is 1. The zero-order valence-electron chi connectivity index (χ0n) is 10.7. The van der Waals surface area contributed by atoms with Crippen molar-refractivity contribution >= 4 is 21.7 Å². The molecule has 94 valence electrons. The molecule has 1 fully saturated rings. The number of pyridine rings is 1. The summed E-state index contributed by atoms with van der Waals surface area (Å²) in [5.74, 6) is 1.84. The molecule has 2 rings (SSSR count). The lowest BCUT2D eigenvalue weighted by atomic mass is 10.1. The van der Waals surface area contributed by atoms with Gasteiger partial charge in [0.1, 0.15) is 5.82 Å². The molecule has 3 nitrogen and oxygen atoms in total. The van der Waals surface area contributed by atoms with Gasteiger partial charge >= 0.3 is 0 Å². The Hall–Kier alpha value is -0.610. The minimum Gasteiger partial charge on any atom is -0.368 e. The van der Waals surface area contributed by atoms with Crippen LogP contribution in [0, 0.1) is 12.8 Å². The van der Waals surface area contributed by atoms with Gasteiger partial charge in [-0.05, 0) is 67.3 Å². The van der Waals surface area contributed by atoms with Gasteiger partial charge in [0.25, 0.3) is 0 Å². The molecule has 0 spiro atoms. The number of aromatic nitrogens is 1. The maximum atomic E-state index is 4.37. The molecule has 1 unspecified atom stereocenters. The number of anilines is 1. The van der Waals surface area contributed by atoms with Gasteiger partial charge in [0.2, 0.25) is 0 Å². The number of likely N-dealkylation sites (N-methyl/N-ethyl adjacent to an activating group) is 1. The summed E-state index contributed by atoms with van der Waals surface area (Å²) in [6.45, 7) is 3.06. The molecule has 1 atom stereocenters. The lowest BCUT2D eigenvalue weighted by Crippen LogP contribution is -2.36. The number of nitrogens with zero attached hydrogens (tertiary/aromatic N) is 2. The van der Waals surface area contributed by atoms with Crippen LogP contribution in [0.1, 0.15) is 18.4 Å². The van der Waals surface area contributed by atoms with Gasteiger partial charge in [-0.25, -0.2) is 4.98 Å². The van der Waals surface area contributed by atoms with Gasteiger partial charge in [0, 0.05) is 23.3 Å². The van der Waals surface area contributed by atoms with Crippen molar-refractivity contribution in [2.75, 3.05) is 26.0 Å². The van der Waals surface area contributed by atoms with E-state index in [-0.39, 0.29) is 0 Å². The zero-order valence-corrected chi connectivity index (χ0v) is 12.3. The summed E-state index contributed by atoms with van der Waals surface area (Å²) in [6.07, 6.45) is 4.61. The van der Waals surface area contributed by atoms with Crippen LogP contribution in [-0.4, -0.2) is 36.6 Å². The topological polar surface area (TPSA) is 28.2 Å². The van der Waals surface area contributed by atoms with Crippen LogP contribution in [0.15, 0.2) is 16.7 Å². The molecule has 0 aromatic carbocycles. The molecule has 0 amide bonds. The Morgan fingerprint density at radius 3 is 2.76 bits per heavy atom. The molecular formula is C13H20BrN3. The Labute approximate surface area is 112 Å². The predicted molar refractivity (Wildman–Crippen MR) is 75.4 cm³/mol. The minimum atomic E-state index is 0.626. The summed E-state index contributed by atoms with van der Waals surface area (Å²) >= 11 is 3.47. The van der Waals surface area contributed by atoms with Gasteiger partial charge in [-0.1, -0.05) is 0 Å². The van der Waals surface area contributed by atoms with Gasteiger partial charge in [-0.3, -0.25) is 0 Å². The highest BCUT2D eigenvalue weighted by molar-refractivity contribution is 9.10. The molecule has 1 aromatic heterocycles. The maximum Gasteiger partial charge on any atom is 0.126 e. The second-order valence-corrected chi connectivity index (χ2v) is 5.92. The Kier molecular flexibility index (Phi) is 4.05. The Bertz CT molecular complexity index is 386. The van der Waals surface area contributed by atoms with Crippen molar-refractivity contribution in [3.63, 3.8) is 0 Å². The first-order valence-electron chi connectivity index (χ1n) is 6.10. The van der Waals surface area contributed by atoms with E-state index in [1.54, 1.807) is 0 Å². The van der Waals surface area contributed by atoms with Crippen molar-refractivity contribution in [3.05, 3.63) is 22.3 Å². The highest BCUT2D eigenvalue weighted by Gasteiger charge is 2.32. The highest BCUT2D eigenvalue weighted by atomic mass is 79.9. The van der Waals surface area contributed by atoms with E-state index < -0.39 is 0 Å². The summed E-state index contributed by atoms with van der Waals surface area (Å²) in [6, 6.07) is 2.71. The summed E-state index contributed by atoms with van der Waals surface area (Å²) in [4.78, 5) is 6.69. The van der Waals surface area contributed by atoms with E-state index in [0.717, 1.165) is 22.8 Å². The molecule has 4 heteroatoms. The second kappa shape index (κ2) is 5.36. The third kappa shape index (κ3) is 3.42. The van der Waals surface area contributed by atoms with E-state index in [0.29, 0.717) is 6.04 Å². The molecule has 1 aromatic rings. The normalized spacial score (nSPS) is 17.2. The molecule has 1 aliphatic rings. The van der Waals surface area contributed by atoms with Crippen LogP contribution >= 0.6 is 15.9 Å². The monoisotopic (exact) mass is 297 g/mol. The Balaban J connectivity index is 1.93. The second-order valence-electron chi connectivity index (χ2n) is 5.07. The summed E-state index contributed by atoms with van der Waals surface area (Å²) < 4.78 is 1.06. The lowest BCUT2D eigenvalue weighted by molar-refractivity contribution is 0.276. The molecule has 0 aliphatic heterocycles. The summed E-state index contributed by atoms with van der Waals surface area (Å²) in [5.41, 5.74) is 1.22. The minimum absolute atomic E-state index is 0.626. The van der Waals surface area contributed by atoms with Crippen LogP contribution in [0.4, 0.5) is 5.82 Å². The molecule has 1 heterocycles. The quantitative estimate of drug-likeness (QED) is 0.906. The molecule has 0 radical (unpaired) electrons. The van der Waals surface area contributed by atoms with Crippen molar-refractivity contribution in [3.8, 4) is 0 Å². The van der Waals surface area contributed by atoms with Gasteiger partial charge in [-0.15, -0.1) is 0 Å². The van der Waals surface area contributed by atoms with Gasteiger partial charge in [0.15, 0.2) is 0 Å². The Morgan fingerprint density at radius 1 is 1.53 bits per heavy atom. The highest BCUT2D eigenvalue weighted by Crippen LogP contribution is 2.34. The maximum absolute atomic E-state index is 4.37. The van der Waals surface area contributed by atoms with E-state index in [1.165, 1.54) is 18.4 Å². The lowest BCUT2D eigenvalue weighted by Gasteiger charge is -2.24. The number of rotatable bonds is 5. The SMILES string of the molecule is Cc1cc(NCC(C2CC2)N(C)C)ncc1Br. The molecule has 17 heavy (non-hydrogen) atoms. The standard InChI is InChI=1S/C13H20BrN3/c1-9-6-13(15-7-11(9)14)16-8-12(17(2)3)10-4-5-10/h6-7,10,12H,4-5,8H2,1-3H3,(H,15,16). The average Bonchev–Trinajstić information content (AvgIpc) is 3.07. The molecule has 1 aliphatic carbocycles. The average molecular weight is 298 g/mol. The Morgan fingerprint density at radius 2 is 2.24 bits per heavy atom. The van der Waals surface area contributed by atoms with Crippen molar-refractivity contribution in [1.29, 1.82) is 0 Å². The molecule has 1 N–H and O–H groups in total. The molecule has 1 saturated carbocycles. The van der Waals surface area contributed by atoms with Crippen LogP contribution in [0.3, 0.4) is 0 Å². The van der Waals surface area contributed by atoms with Crippen LogP contribution in [0.5, 0.6) is 0 Å². The smallest absolute Gasteiger partial charge is 0.126 e. The molecule has 0 saturated heterocycles. The third-order valence-corrected chi connectivity index (χ3v) is 4.20. The number of nitrogens with one attached hydrogen (secondary N) is 1. The van der Waals surface area contributed by atoms with Crippen LogP contribution in [-0.2, 0) is 0 Å². The fraction of sp³-hybridized carbons (Fsp3) is 0.615. The molecular weight excluding hydrogens is 278 g/mol. The largest absolute Gasteiger partial charge is 0.368 e.